The molecule has 6 heteroatoms. The molecule has 0 aliphatic carbocycles. The Morgan fingerprint density at radius 3 is 2.94 bits per heavy atom. The van der Waals surface area contributed by atoms with Crippen LogP contribution in [0.15, 0.2) is 18.3 Å². The number of fused-ring (bicyclic) bond motifs is 1. The molecular formula is C12H8ClNO3S. The van der Waals surface area contributed by atoms with Crippen molar-refractivity contribution in [2.75, 3.05) is 13.2 Å². The lowest BCUT2D eigenvalue weighted by Crippen LogP contribution is -2.15. The number of carbonyl (C=O) groups is 1. The Morgan fingerprint density at radius 1 is 1.33 bits per heavy atom. The first kappa shape index (κ1) is 11.5. The Morgan fingerprint density at radius 2 is 2.17 bits per heavy atom. The number of hydrogen-bond acceptors (Lipinski definition) is 5. The average Bonchev–Trinajstić information content (AvgIpc) is 2.87. The Hall–Kier alpha value is -1.59. The van der Waals surface area contributed by atoms with Crippen molar-refractivity contribution in [2.24, 2.45) is 0 Å². The van der Waals surface area contributed by atoms with Gasteiger partial charge in [0.15, 0.2) is 17.8 Å². The van der Waals surface area contributed by atoms with Crippen molar-refractivity contribution in [3.05, 3.63) is 28.2 Å². The molecule has 2 aromatic rings. The summed E-state index contributed by atoms with van der Waals surface area (Å²) in [5, 5.41) is 1.22. The molecule has 1 aliphatic heterocycles. The van der Waals surface area contributed by atoms with E-state index in [0.29, 0.717) is 34.6 Å². The van der Waals surface area contributed by atoms with Gasteiger partial charge in [0, 0.05) is 11.8 Å². The summed E-state index contributed by atoms with van der Waals surface area (Å²) in [5.41, 5.74) is 0.822. The van der Waals surface area contributed by atoms with Gasteiger partial charge in [0.25, 0.3) is 0 Å². The molecule has 0 saturated carbocycles. The predicted octanol–water partition coefficient (Wildman–Crippen LogP) is 3.05. The number of carbonyl (C=O) groups excluding carboxylic acids is 1. The molecule has 0 radical (unpaired) electrons. The quantitative estimate of drug-likeness (QED) is 0.794. The highest BCUT2D eigenvalue weighted by Crippen LogP contribution is 2.41. The topological polar surface area (TPSA) is 48.4 Å². The summed E-state index contributed by atoms with van der Waals surface area (Å²) < 4.78 is 10.9. The number of aromatic nitrogens is 1. The summed E-state index contributed by atoms with van der Waals surface area (Å²) in [6.45, 7) is 1.00. The van der Waals surface area contributed by atoms with Crippen LogP contribution in [0, 0.1) is 0 Å². The van der Waals surface area contributed by atoms with Gasteiger partial charge in [-0.05, 0) is 12.1 Å². The Bertz CT molecular complexity index is 611. The van der Waals surface area contributed by atoms with Crippen molar-refractivity contribution in [3.8, 4) is 22.1 Å². The minimum atomic E-state index is 0.491. The number of ether oxygens (including phenoxy) is 2. The van der Waals surface area contributed by atoms with Crippen LogP contribution in [0.25, 0.3) is 10.6 Å². The van der Waals surface area contributed by atoms with Crippen molar-refractivity contribution in [1.82, 2.24) is 4.98 Å². The second-order valence-corrected chi connectivity index (χ2v) is 5.14. The van der Waals surface area contributed by atoms with Gasteiger partial charge in [-0.15, -0.1) is 11.3 Å². The molecule has 0 spiro atoms. The summed E-state index contributed by atoms with van der Waals surface area (Å²) >= 11 is 7.45. The highest BCUT2D eigenvalue weighted by molar-refractivity contribution is 7.16. The molecule has 1 aromatic heterocycles. The molecular weight excluding hydrogens is 274 g/mol. The van der Waals surface area contributed by atoms with Gasteiger partial charge in [0.05, 0.1) is 9.90 Å². The number of nitrogens with zero attached hydrogens (tertiary/aromatic N) is 1. The van der Waals surface area contributed by atoms with Gasteiger partial charge in [-0.2, -0.15) is 0 Å². The van der Waals surface area contributed by atoms with E-state index in [0.717, 1.165) is 16.9 Å². The molecule has 0 atom stereocenters. The standard InChI is InChI=1S/C12H8ClNO3S/c13-9-3-7(12-14-5-8(6-15)18-12)4-10-11(9)17-2-1-16-10/h3-6H,1-2H2. The Kier molecular flexibility index (Phi) is 2.93. The van der Waals surface area contributed by atoms with E-state index in [9.17, 15) is 4.79 Å². The van der Waals surface area contributed by atoms with E-state index >= 15 is 0 Å². The number of thiazole rings is 1. The van der Waals surface area contributed by atoms with Crippen molar-refractivity contribution in [3.63, 3.8) is 0 Å². The van der Waals surface area contributed by atoms with Gasteiger partial charge in [0.1, 0.15) is 18.2 Å². The van der Waals surface area contributed by atoms with Gasteiger partial charge < -0.3 is 9.47 Å². The minimum absolute atomic E-state index is 0.491. The monoisotopic (exact) mass is 281 g/mol. The molecule has 0 bridgehead atoms. The first-order valence-corrected chi connectivity index (χ1v) is 6.48. The van der Waals surface area contributed by atoms with Crippen LogP contribution in [0.4, 0.5) is 0 Å². The summed E-state index contributed by atoms with van der Waals surface area (Å²) in [5.74, 6) is 1.19. The molecule has 0 unspecified atom stereocenters. The third-order valence-corrected chi connectivity index (χ3v) is 3.74. The molecule has 3 rings (SSSR count). The van der Waals surface area contributed by atoms with Crippen molar-refractivity contribution >= 4 is 29.2 Å². The zero-order valence-corrected chi connectivity index (χ0v) is 10.8. The van der Waals surface area contributed by atoms with Crippen molar-refractivity contribution in [1.29, 1.82) is 0 Å². The zero-order valence-electron chi connectivity index (χ0n) is 9.18. The lowest BCUT2D eigenvalue weighted by atomic mass is 10.2. The van der Waals surface area contributed by atoms with Crippen LogP contribution in [0.5, 0.6) is 11.5 Å². The van der Waals surface area contributed by atoms with Gasteiger partial charge in [-0.1, -0.05) is 11.6 Å². The van der Waals surface area contributed by atoms with E-state index in [1.165, 1.54) is 17.5 Å². The normalized spacial score (nSPS) is 13.4. The molecule has 0 fully saturated rings. The third-order valence-electron chi connectivity index (χ3n) is 2.48. The van der Waals surface area contributed by atoms with Gasteiger partial charge in [-0.25, -0.2) is 4.98 Å². The molecule has 0 N–H and O–H groups in total. The summed E-state index contributed by atoms with van der Waals surface area (Å²) in [6, 6.07) is 3.59. The first-order valence-electron chi connectivity index (χ1n) is 5.28. The van der Waals surface area contributed by atoms with E-state index in [1.807, 2.05) is 6.07 Å². The summed E-state index contributed by atoms with van der Waals surface area (Å²) in [4.78, 5) is 15.4. The highest BCUT2D eigenvalue weighted by atomic mass is 35.5. The number of hydrogen-bond donors (Lipinski definition) is 0. The fourth-order valence-corrected chi connectivity index (χ4v) is 2.69. The van der Waals surface area contributed by atoms with E-state index in [4.69, 9.17) is 21.1 Å². The molecule has 4 nitrogen and oxygen atoms in total. The van der Waals surface area contributed by atoms with Crippen molar-refractivity contribution in [2.45, 2.75) is 0 Å². The number of aldehydes is 1. The van der Waals surface area contributed by atoms with Crippen LogP contribution in [-0.2, 0) is 0 Å². The average molecular weight is 282 g/mol. The summed E-state index contributed by atoms with van der Waals surface area (Å²) in [7, 11) is 0. The zero-order chi connectivity index (χ0) is 12.5. The van der Waals surface area contributed by atoms with Gasteiger partial charge in [0.2, 0.25) is 0 Å². The first-order chi connectivity index (χ1) is 8.78. The van der Waals surface area contributed by atoms with Crippen LogP contribution < -0.4 is 9.47 Å². The third kappa shape index (κ3) is 1.95. The SMILES string of the molecule is O=Cc1cnc(-c2cc(Cl)c3c(c2)OCCO3)s1. The Labute approximate surface area is 112 Å². The van der Waals surface area contributed by atoms with Crippen molar-refractivity contribution < 1.29 is 14.3 Å². The second kappa shape index (κ2) is 4.59. The fraction of sp³-hybridized carbons (Fsp3) is 0.167. The molecule has 1 aliphatic rings. The second-order valence-electron chi connectivity index (χ2n) is 3.67. The maximum absolute atomic E-state index is 10.7. The number of benzene rings is 1. The maximum Gasteiger partial charge on any atom is 0.179 e. The molecule has 0 saturated heterocycles. The highest BCUT2D eigenvalue weighted by Gasteiger charge is 2.18. The van der Waals surface area contributed by atoms with Crippen LogP contribution in [0.3, 0.4) is 0 Å². The van der Waals surface area contributed by atoms with E-state index in [1.54, 1.807) is 6.07 Å². The molecule has 1 aromatic carbocycles. The maximum atomic E-state index is 10.7. The molecule has 0 amide bonds. The molecule has 2 heterocycles. The fourth-order valence-electron chi connectivity index (χ4n) is 1.71. The van der Waals surface area contributed by atoms with E-state index in [-0.39, 0.29) is 0 Å². The smallest absolute Gasteiger partial charge is 0.179 e. The van der Waals surface area contributed by atoms with Gasteiger partial charge >= 0.3 is 0 Å². The number of halogens is 1. The van der Waals surface area contributed by atoms with Crippen LogP contribution in [-0.4, -0.2) is 24.5 Å². The van der Waals surface area contributed by atoms with E-state index < -0.39 is 0 Å². The van der Waals surface area contributed by atoms with Gasteiger partial charge in [-0.3, -0.25) is 4.79 Å². The molecule has 18 heavy (non-hydrogen) atoms. The van der Waals surface area contributed by atoms with E-state index in [2.05, 4.69) is 4.98 Å². The van der Waals surface area contributed by atoms with Crippen LogP contribution in [0.1, 0.15) is 9.67 Å². The lowest BCUT2D eigenvalue weighted by Gasteiger charge is -2.19. The molecule has 92 valence electrons. The Balaban J connectivity index is 2.07. The minimum Gasteiger partial charge on any atom is -0.486 e. The van der Waals surface area contributed by atoms with Crippen LogP contribution in [0.2, 0.25) is 5.02 Å². The predicted molar refractivity (Wildman–Crippen MR) is 68.9 cm³/mol. The van der Waals surface area contributed by atoms with Crippen LogP contribution >= 0.6 is 22.9 Å². The largest absolute Gasteiger partial charge is 0.486 e. The lowest BCUT2D eigenvalue weighted by molar-refractivity contribution is 0.112. The number of rotatable bonds is 2. The summed E-state index contributed by atoms with van der Waals surface area (Å²) in [6.07, 6.45) is 2.32.